The molecule has 2 rings (SSSR count). The number of carbonyl (C=O) groups excluding carboxylic acids is 2. The molecule has 0 spiro atoms. The van der Waals surface area contributed by atoms with E-state index in [1.165, 1.54) is 17.8 Å². The molecule has 21 heavy (non-hydrogen) atoms. The van der Waals surface area contributed by atoms with Crippen LogP contribution in [0.15, 0.2) is 17.5 Å². The van der Waals surface area contributed by atoms with Gasteiger partial charge in [-0.05, 0) is 30.2 Å². The summed E-state index contributed by atoms with van der Waals surface area (Å²) < 4.78 is 0. The maximum Gasteiger partial charge on any atom is 0.309 e. The van der Waals surface area contributed by atoms with Crippen molar-refractivity contribution in [1.82, 2.24) is 10.6 Å². The zero-order valence-electron chi connectivity index (χ0n) is 12.0. The zero-order valence-corrected chi connectivity index (χ0v) is 12.8. The summed E-state index contributed by atoms with van der Waals surface area (Å²) in [4.78, 5) is 24.3. The SMILES string of the molecule is O=C(NCc1cccs1)C(=O)NC[C@H](O)C1CCCCC1. The molecule has 1 aliphatic carbocycles. The molecule has 116 valence electrons. The second-order valence-corrected chi connectivity index (χ2v) is 6.47. The minimum absolute atomic E-state index is 0.149. The molecule has 3 N–H and O–H groups in total. The highest BCUT2D eigenvalue weighted by atomic mass is 32.1. The van der Waals surface area contributed by atoms with E-state index in [9.17, 15) is 14.7 Å². The fraction of sp³-hybridized carbons (Fsp3) is 0.600. The number of hydrogen-bond acceptors (Lipinski definition) is 4. The first-order valence-corrected chi connectivity index (χ1v) is 8.31. The number of carbonyl (C=O) groups is 2. The summed E-state index contributed by atoms with van der Waals surface area (Å²) in [5.74, 6) is -1.09. The van der Waals surface area contributed by atoms with E-state index in [0.717, 1.165) is 30.6 Å². The third kappa shape index (κ3) is 5.13. The van der Waals surface area contributed by atoms with Crippen molar-refractivity contribution in [3.63, 3.8) is 0 Å². The average molecular weight is 310 g/mol. The van der Waals surface area contributed by atoms with Gasteiger partial charge in [0.2, 0.25) is 0 Å². The highest BCUT2D eigenvalue weighted by Crippen LogP contribution is 2.26. The summed E-state index contributed by atoms with van der Waals surface area (Å²) in [5, 5.41) is 17.0. The van der Waals surface area contributed by atoms with Gasteiger partial charge in [0.15, 0.2) is 0 Å². The number of rotatable bonds is 5. The summed E-state index contributed by atoms with van der Waals surface area (Å²) >= 11 is 1.53. The van der Waals surface area contributed by atoms with E-state index in [4.69, 9.17) is 0 Å². The van der Waals surface area contributed by atoms with E-state index in [1.54, 1.807) is 0 Å². The first kappa shape index (κ1) is 16.0. The fourth-order valence-corrected chi connectivity index (χ4v) is 3.27. The molecule has 2 amide bonds. The minimum Gasteiger partial charge on any atom is -0.391 e. The third-order valence-corrected chi connectivity index (χ3v) is 4.75. The normalized spacial score (nSPS) is 17.2. The standard InChI is InChI=1S/C15H22N2O3S/c18-13(11-5-2-1-3-6-11)10-17-15(20)14(19)16-9-12-7-4-8-21-12/h4,7-8,11,13,18H,1-3,5-6,9-10H2,(H,16,19)(H,17,20)/t13-/m0/s1. The topological polar surface area (TPSA) is 78.4 Å². The van der Waals surface area contributed by atoms with E-state index in [0.29, 0.717) is 6.54 Å². The van der Waals surface area contributed by atoms with Crippen LogP contribution < -0.4 is 10.6 Å². The lowest BCUT2D eigenvalue weighted by Gasteiger charge is -2.26. The fourth-order valence-electron chi connectivity index (χ4n) is 2.62. The van der Waals surface area contributed by atoms with Crippen molar-refractivity contribution >= 4 is 23.2 Å². The van der Waals surface area contributed by atoms with Crippen molar-refractivity contribution in [3.8, 4) is 0 Å². The Morgan fingerprint density at radius 1 is 1.24 bits per heavy atom. The highest BCUT2D eigenvalue weighted by molar-refractivity contribution is 7.09. The number of nitrogens with one attached hydrogen (secondary N) is 2. The number of hydrogen-bond donors (Lipinski definition) is 3. The first-order chi connectivity index (χ1) is 10.2. The second-order valence-electron chi connectivity index (χ2n) is 5.44. The Morgan fingerprint density at radius 2 is 1.95 bits per heavy atom. The third-order valence-electron chi connectivity index (χ3n) is 3.88. The van der Waals surface area contributed by atoms with Crippen LogP contribution in [0.5, 0.6) is 0 Å². The number of aliphatic hydroxyl groups is 1. The van der Waals surface area contributed by atoms with Crippen molar-refractivity contribution in [2.75, 3.05) is 6.54 Å². The van der Waals surface area contributed by atoms with Gasteiger partial charge in [-0.25, -0.2) is 0 Å². The molecular formula is C15H22N2O3S. The molecule has 0 bridgehead atoms. The molecule has 0 saturated heterocycles. The van der Waals surface area contributed by atoms with Crippen molar-refractivity contribution in [2.24, 2.45) is 5.92 Å². The van der Waals surface area contributed by atoms with Gasteiger partial charge in [0.1, 0.15) is 0 Å². The second kappa shape index (κ2) is 8.14. The van der Waals surface area contributed by atoms with Gasteiger partial charge in [-0.1, -0.05) is 25.3 Å². The molecule has 0 aliphatic heterocycles. The van der Waals surface area contributed by atoms with E-state index in [-0.39, 0.29) is 12.5 Å². The Bertz CT molecular complexity index is 455. The predicted octanol–water partition coefficient (Wildman–Crippen LogP) is 1.42. The maximum atomic E-state index is 11.7. The highest BCUT2D eigenvalue weighted by Gasteiger charge is 2.23. The van der Waals surface area contributed by atoms with Gasteiger partial charge in [0.05, 0.1) is 12.6 Å². The molecule has 1 aromatic rings. The van der Waals surface area contributed by atoms with E-state index < -0.39 is 17.9 Å². The zero-order chi connectivity index (χ0) is 15.1. The van der Waals surface area contributed by atoms with Crippen molar-refractivity contribution in [3.05, 3.63) is 22.4 Å². The number of aliphatic hydroxyl groups excluding tert-OH is 1. The lowest BCUT2D eigenvalue weighted by molar-refractivity contribution is -0.139. The van der Waals surface area contributed by atoms with Crippen molar-refractivity contribution < 1.29 is 14.7 Å². The number of amides is 2. The predicted molar refractivity (Wildman–Crippen MR) is 81.8 cm³/mol. The van der Waals surface area contributed by atoms with Crippen molar-refractivity contribution in [2.45, 2.75) is 44.8 Å². The Balaban J connectivity index is 1.66. The molecule has 1 heterocycles. The molecule has 1 atom stereocenters. The van der Waals surface area contributed by atoms with Gasteiger partial charge in [-0.2, -0.15) is 0 Å². The minimum atomic E-state index is -0.679. The van der Waals surface area contributed by atoms with Gasteiger partial charge in [0, 0.05) is 11.4 Å². The van der Waals surface area contributed by atoms with E-state index in [1.807, 2.05) is 17.5 Å². The molecule has 0 radical (unpaired) electrons. The smallest absolute Gasteiger partial charge is 0.309 e. The molecule has 1 saturated carbocycles. The van der Waals surface area contributed by atoms with Gasteiger partial charge in [-0.3, -0.25) is 9.59 Å². The van der Waals surface area contributed by atoms with Crippen LogP contribution in [0, 0.1) is 5.92 Å². The Morgan fingerprint density at radius 3 is 2.62 bits per heavy atom. The van der Waals surface area contributed by atoms with Crippen LogP contribution in [0.4, 0.5) is 0 Å². The molecule has 6 heteroatoms. The average Bonchev–Trinajstić information content (AvgIpc) is 3.04. The first-order valence-electron chi connectivity index (χ1n) is 7.43. The molecule has 1 aromatic heterocycles. The Hall–Kier alpha value is -1.40. The van der Waals surface area contributed by atoms with E-state index >= 15 is 0 Å². The molecule has 1 aliphatic rings. The van der Waals surface area contributed by atoms with Crippen LogP contribution in [-0.4, -0.2) is 29.6 Å². The summed E-state index contributed by atoms with van der Waals surface area (Å²) in [6.07, 6.45) is 4.94. The van der Waals surface area contributed by atoms with Crippen LogP contribution in [0.1, 0.15) is 37.0 Å². The van der Waals surface area contributed by atoms with Gasteiger partial charge < -0.3 is 15.7 Å². The van der Waals surface area contributed by atoms with Crippen LogP contribution in [-0.2, 0) is 16.1 Å². The molecular weight excluding hydrogens is 288 g/mol. The lowest BCUT2D eigenvalue weighted by Crippen LogP contribution is -2.44. The molecule has 5 nitrogen and oxygen atoms in total. The van der Waals surface area contributed by atoms with Gasteiger partial charge in [0.25, 0.3) is 0 Å². The number of thiophene rings is 1. The largest absolute Gasteiger partial charge is 0.391 e. The van der Waals surface area contributed by atoms with E-state index in [2.05, 4.69) is 10.6 Å². The summed E-state index contributed by atoms with van der Waals surface area (Å²) in [6.45, 7) is 0.505. The quantitative estimate of drug-likeness (QED) is 0.720. The summed E-state index contributed by atoms with van der Waals surface area (Å²) in [5.41, 5.74) is 0. The summed E-state index contributed by atoms with van der Waals surface area (Å²) in [6, 6.07) is 3.79. The van der Waals surface area contributed by atoms with Crippen LogP contribution in [0.3, 0.4) is 0 Å². The lowest BCUT2D eigenvalue weighted by atomic mass is 9.85. The Kier molecular flexibility index (Phi) is 6.20. The monoisotopic (exact) mass is 310 g/mol. The molecule has 1 fully saturated rings. The summed E-state index contributed by atoms with van der Waals surface area (Å²) in [7, 11) is 0. The molecule has 0 aromatic carbocycles. The van der Waals surface area contributed by atoms with Crippen LogP contribution in [0.2, 0.25) is 0 Å². The van der Waals surface area contributed by atoms with Gasteiger partial charge in [-0.15, -0.1) is 11.3 Å². The Labute approximate surface area is 128 Å². The van der Waals surface area contributed by atoms with Crippen LogP contribution >= 0.6 is 11.3 Å². The van der Waals surface area contributed by atoms with Crippen LogP contribution in [0.25, 0.3) is 0 Å². The van der Waals surface area contributed by atoms with Gasteiger partial charge >= 0.3 is 11.8 Å². The van der Waals surface area contributed by atoms with Crippen molar-refractivity contribution in [1.29, 1.82) is 0 Å². The molecule has 0 unspecified atom stereocenters. The maximum absolute atomic E-state index is 11.7.